The Morgan fingerprint density at radius 2 is 1.68 bits per heavy atom. The van der Waals surface area contributed by atoms with Crippen LogP contribution in [0.2, 0.25) is 0 Å². The Labute approximate surface area is 165 Å². The Kier molecular flexibility index (Phi) is 5.42. The highest BCUT2D eigenvalue weighted by molar-refractivity contribution is 5.99. The topological polar surface area (TPSA) is 67.9 Å². The van der Waals surface area contributed by atoms with Gasteiger partial charge >= 0.3 is 0 Å². The van der Waals surface area contributed by atoms with Gasteiger partial charge in [-0.1, -0.05) is 17.2 Å². The summed E-state index contributed by atoms with van der Waals surface area (Å²) in [5.74, 6) is 0.0973. The number of amides is 2. The van der Waals surface area contributed by atoms with Gasteiger partial charge in [0, 0.05) is 16.7 Å². The van der Waals surface area contributed by atoms with Crippen molar-refractivity contribution < 1.29 is 19.1 Å². The van der Waals surface area contributed by atoms with E-state index in [0.29, 0.717) is 23.5 Å². The van der Waals surface area contributed by atoms with Gasteiger partial charge in [-0.2, -0.15) is 0 Å². The molecule has 0 bridgehead atoms. The van der Waals surface area contributed by atoms with Crippen LogP contribution >= 0.6 is 0 Å². The van der Waals surface area contributed by atoms with Crippen LogP contribution in [-0.4, -0.2) is 29.2 Å². The summed E-state index contributed by atoms with van der Waals surface area (Å²) >= 11 is 0. The van der Waals surface area contributed by atoms with Gasteiger partial charge in [-0.15, -0.1) is 0 Å². The number of ether oxygens (including phenoxy) is 2. The van der Waals surface area contributed by atoms with E-state index in [1.165, 1.54) is 5.01 Å². The van der Waals surface area contributed by atoms with Gasteiger partial charge in [-0.25, -0.2) is 5.01 Å². The fraction of sp³-hybridized carbons (Fsp3) is 0.364. The lowest BCUT2D eigenvalue weighted by Gasteiger charge is -2.35. The molecular weight excluding hydrogens is 356 g/mol. The lowest BCUT2D eigenvalue weighted by atomic mass is 10.0. The maximum Gasteiger partial charge on any atom is 0.272 e. The van der Waals surface area contributed by atoms with Gasteiger partial charge < -0.3 is 9.47 Å². The van der Waals surface area contributed by atoms with Gasteiger partial charge in [-0.3, -0.25) is 15.0 Å². The number of nitrogens with zero attached hydrogens (tertiary/aromatic N) is 1. The van der Waals surface area contributed by atoms with Crippen LogP contribution in [0.3, 0.4) is 0 Å². The fourth-order valence-corrected chi connectivity index (χ4v) is 3.15. The van der Waals surface area contributed by atoms with Gasteiger partial charge in [0.15, 0.2) is 6.79 Å². The van der Waals surface area contributed by atoms with Crippen LogP contribution in [0.5, 0.6) is 5.75 Å². The summed E-state index contributed by atoms with van der Waals surface area (Å²) in [5.41, 5.74) is 5.96. The Morgan fingerprint density at radius 3 is 2.32 bits per heavy atom. The van der Waals surface area contributed by atoms with Crippen LogP contribution in [0.1, 0.15) is 58.2 Å². The normalized spacial score (nSPS) is 13.3. The molecule has 148 valence electrons. The number of carbonyl (C=O) groups excluding carboxylic acids is 2. The predicted molar refractivity (Wildman–Crippen MR) is 106 cm³/mol. The summed E-state index contributed by atoms with van der Waals surface area (Å²) in [6.45, 7) is 10.1. The largest absolute Gasteiger partial charge is 0.467 e. The molecule has 6 nitrogen and oxygen atoms in total. The Hall–Kier alpha value is -2.86. The van der Waals surface area contributed by atoms with Crippen molar-refractivity contribution >= 4 is 11.8 Å². The van der Waals surface area contributed by atoms with E-state index in [9.17, 15) is 9.59 Å². The molecule has 6 heteroatoms. The molecule has 0 fully saturated rings. The molecule has 1 N–H and O–H groups in total. The molecule has 0 unspecified atom stereocenters. The van der Waals surface area contributed by atoms with Crippen molar-refractivity contribution in [2.24, 2.45) is 0 Å². The second-order valence-corrected chi connectivity index (χ2v) is 8.06. The predicted octanol–water partition coefficient (Wildman–Crippen LogP) is 3.76. The van der Waals surface area contributed by atoms with E-state index < -0.39 is 5.54 Å². The average molecular weight is 382 g/mol. The summed E-state index contributed by atoms with van der Waals surface area (Å²) in [7, 11) is 0. The molecule has 0 radical (unpaired) electrons. The molecule has 3 rings (SSSR count). The van der Waals surface area contributed by atoms with Crippen molar-refractivity contribution in [3.63, 3.8) is 0 Å². The molecular formula is C22H26N2O4. The second kappa shape index (κ2) is 7.64. The lowest BCUT2D eigenvalue weighted by molar-refractivity contribution is -0.0164. The van der Waals surface area contributed by atoms with Crippen LogP contribution in [0.15, 0.2) is 36.4 Å². The molecule has 0 aromatic heterocycles. The van der Waals surface area contributed by atoms with Gasteiger partial charge in [0.1, 0.15) is 5.75 Å². The summed E-state index contributed by atoms with van der Waals surface area (Å²) in [4.78, 5) is 26.0. The maximum atomic E-state index is 13.2. The summed E-state index contributed by atoms with van der Waals surface area (Å²) in [6.07, 6.45) is 0. The molecule has 0 atom stereocenters. The number of rotatable bonds is 2. The molecule has 1 aliphatic heterocycles. The van der Waals surface area contributed by atoms with Crippen LogP contribution in [0, 0.1) is 13.8 Å². The minimum atomic E-state index is -0.606. The highest BCUT2D eigenvalue weighted by Gasteiger charge is 2.30. The van der Waals surface area contributed by atoms with E-state index in [1.54, 1.807) is 18.2 Å². The number of hydrogen-bond donors (Lipinski definition) is 1. The first-order valence-corrected chi connectivity index (χ1v) is 9.22. The molecule has 0 saturated carbocycles. The number of carbonyl (C=O) groups is 2. The SMILES string of the molecule is Cc1cc(C)cc(C(=O)N(NC(=O)c2ccc3c(c2)COCO3)C(C)(C)C)c1. The third-order valence-electron chi connectivity index (χ3n) is 4.43. The van der Waals surface area contributed by atoms with Gasteiger partial charge in [-0.05, 0) is 65.0 Å². The maximum absolute atomic E-state index is 13.2. The number of fused-ring (bicyclic) bond motifs is 1. The van der Waals surface area contributed by atoms with Crippen molar-refractivity contribution in [1.29, 1.82) is 0 Å². The third kappa shape index (κ3) is 4.34. The van der Waals surface area contributed by atoms with E-state index in [0.717, 1.165) is 16.7 Å². The Balaban J connectivity index is 1.86. The molecule has 2 aromatic rings. The van der Waals surface area contributed by atoms with E-state index >= 15 is 0 Å². The van der Waals surface area contributed by atoms with Crippen LogP contribution in [0.4, 0.5) is 0 Å². The Morgan fingerprint density at radius 1 is 1.00 bits per heavy atom. The standard InChI is InChI=1S/C22H26N2O4/c1-14-8-15(2)10-17(9-14)21(26)24(22(3,4)5)23-20(25)16-6-7-19-18(11-16)12-27-13-28-19/h6-11H,12-13H2,1-5H3,(H,23,25). The second-order valence-electron chi connectivity index (χ2n) is 8.06. The van der Waals surface area contributed by atoms with E-state index in [2.05, 4.69) is 5.43 Å². The number of aryl methyl sites for hydroxylation is 2. The first kappa shape index (κ1) is 19.9. The molecule has 0 spiro atoms. The first-order chi connectivity index (χ1) is 13.1. The van der Waals surface area contributed by atoms with Crippen molar-refractivity contribution in [2.45, 2.75) is 46.8 Å². The molecule has 1 aliphatic rings. The molecule has 1 heterocycles. The minimum absolute atomic E-state index is 0.209. The van der Waals surface area contributed by atoms with Crippen LogP contribution < -0.4 is 10.2 Å². The third-order valence-corrected chi connectivity index (χ3v) is 4.43. The number of benzene rings is 2. The quantitative estimate of drug-likeness (QED) is 0.803. The molecule has 0 aliphatic carbocycles. The lowest BCUT2D eigenvalue weighted by Crippen LogP contribution is -2.55. The van der Waals surface area contributed by atoms with E-state index in [-0.39, 0.29) is 18.6 Å². The fourth-order valence-electron chi connectivity index (χ4n) is 3.15. The van der Waals surface area contributed by atoms with Crippen molar-refractivity contribution in [1.82, 2.24) is 10.4 Å². The van der Waals surface area contributed by atoms with Gasteiger partial charge in [0.2, 0.25) is 0 Å². The first-order valence-electron chi connectivity index (χ1n) is 9.22. The van der Waals surface area contributed by atoms with E-state index in [4.69, 9.17) is 9.47 Å². The summed E-state index contributed by atoms with van der Waals surface area (Å²) < 4.78 is 10.7. The van der Waals surface area contributed by atoms with E-state index in [1.807, 2.05) is 52.8 Å². The Bertz CT molecular complexity index is 895. The zero-order chi connectivity index (χ0) is 20.5. The molecule has 2 amide bonds. The number of hydrogen-bond acceptors (Lipinski definition) is 4. The van der Waals surface area contributed by atoms with Crippen LogP contribution in [0.25, 0.3) is 0 Å². The highest BCUT2D eigenvalue weighted by Crippen LogP contribution is 2.25. The summed E-state index contributed by atoms with van der Waals surface area (Å²) in [6, 6.07) is 10.8. The number of hydrazine groups is 1. The van der Waals surface area contributed by atoms with Gasteiger partial charge in [0.25, 0.3) is 11.8 Å². The molecule has 0 saturated heterocycles. The summed E-state index contributed by atoms with van der Waals surface area (Å²) in [5, 5.41) is 1.38. The minimum Gasteiger partial charge on any atom is -0.467 e. The zero-order valence-electron chi connectivity index (χ0n) is 17.0. The highest BCUT2D eigenvalue weighted by atomic mass is 16.7. The van der Waals surface area contributed by atoms with Crippen molar-refractivity contribution in [2.75, 3.05) is 6.79 Å². The smallest absolute Gasteiger partial charge is 0.272 e. The van der Waals surface area contributed by atoms with Crippen molar-refractivity contribution in [3.8, 4) is 5.75 Å². The zero-order valence-corrected chi connectivity index (χ0v) is 17.0. The molecule has 28 heavy (non-hydrogen) atoms. The monoisotopic (exact) mass is 382 g/mol. The molecule has 2 aromatic carbocycles. The number of nitrogens with one attached hydrogen (secondary N) is 1. The average Bonchev–Trinajstić information content (AvgIpc) is 2.63. The van der Waals surface area contributed by atoms with Gasteiger partial charge in [0.05, 0.1) is 12.1 Å². The van der Waals surface area contributed by atoms with Crippen molar-refractivity contribution in [3.05, 3.63) is 64.2 Å². The van der Waals surface area contributed by atoms with Crippen LogP contribution in [-0.2, 0) is 11.3 Å².